The van der Waals surface area contributed by atoms with Crippen molar-refractivity contribution in [3.63, 3.8) is 0 Å². The zero-order chi connectivity index (χ0) is 20.3. The number of para-hydroxylation sites is 1. The molecule has 3 aromatic rings. The van der Waals surface area contributed by atoms with Crippen molar-refractivity contribution in [1.29, 1.82) is 0 Å². The number of hydrogen-bond donors (Lipinski definition) is 1. The SMILES string of the molecule is COc1cc(-c2csc(-c3cccc(C(N)=O)c3OC)n2)cc(OC)c1OC. The molecule has 0 aliphatic heterocycles. The topological polar surface area (TPSA) is 92.9 Å². The molecule has 1 aromatic heterocycles. The minimum atomic E-state index is -0.555. The number of benzene rings is 2. The van der Waals surface area contributed by atoms with Gasteiger partial charge in [-0.2, -0.15) is 0 Å². The maximum Gasteiger partial charge on any atom is 0.252 e. The number of rotatable bonds is 7. The van der Waals surface area contributed by atoms with Crippen molar-refractivity contribution >= 4 is 17.2 Å². The van der Waals surface area contributed by atoms with Crippen molar-refractivity contribution < 1.29 is 23.7 Å². The maximum absolute atomic E-state index is 11.7. The van der Waals surface area contributed by atoms with Crippen LogP contribution in [-0.4, -0.2) is 39.3 Å². The van der Waals surface area contributed by atoms with E-state index in [4.69, 9.17) is 29.7 Å². The Bertz CT molecular complexity index is 991. The molecule has 0 saturated carbocycles. The summed E-state index contributed by atoms with van der Waals surface area (Å²) in [7, 11) is 6.18. The lowest BCUT2D eigenvalue weighted by molar-refractivity contribution is 0.0997. The number of carbonyl (C=O) groups excluding carboxylic acids is 1. The minimum Gasteiger partial charge on any atom is -0.495 e. The van der Waals surface area contributed by atoms with Gasteiger partial charge in [0.15, 0.2) is 11.5 Å². The summed E-state index contributed by atoms with van der Waals surface area (Å²) in [5.74, 6) is 1.44. The Kier molecular flexibility index (Phi) is 5.70. The molecule has 1 heterocycles. The third-order valence-corrected chi connectivity index (χ3v) is 5.06. The van der Waals surface area contributed by atoms with Crippen LogP contribution in [0.5, 0.6) is 23.0 Å². The fraction of sp³-hybridized carbons (Fsp3) is 0.200. The molecule has 2 N–H and O–H groups in total. The van der Waals surface area contributed by atoms with Gasteiger partial charge in [0, 0.05) is 10.9 Å². The molecule has 2 aromatic carbocycles. The Labute approximate surface area is 166 Å². The highest BCUT2D eigenvalue weighted by atomic mass is 32.1. The number of thiazole rings is 1. The number of primary amides is 1. The van der Waals surface area contributed by atoms with Crippen molar-refractivity contribution in [3.8, 4) is 44.8 Å². The number of methoxy groups -OCH3 is 4. The lowest BCUT2D eigenvalue weighted by atomic mass is 10.1. The van der Waals surface area contributed by atoms with Crippen LogP contribution in [0.1, 0.15) is 10.4 Å². The van der Waals surface area contributed by atoms with Crippen LogP contribution in [0.4, 0.5) is 0 Å². The van der Waals surface area contributed by atoms with Crippen molar-refractivity contribution in [1.82, 2.24) is 4.98 Å². The molecule has 146 valence electrons. The number of nitrogens with two attached hydrogens (primary N) is 1. The first-order chi connectivity index (χ1) is 13.5. The molecule has 3 rings (SSSR count). The number of nitrogens with zero attached hydrogens (tertiary/aromatic N) is 1. The summed E-state index contributed by atoms with van der Waals surface area (Å²) in [5.41, 5.74) is 7.99. The Morgan fingerprint density at radius 1 is 0.964 bits per heavy atom. The lowest BCUT2D eigenvalue weighted by Gasteiger charge is -2.13. The van der Waals surface area contributed by atoms with Gasteiger partial charge >= 0.3 is 0 Å². The molecule has 0 aliphatic rings. The van der Waals surface area contributed by atoms with Crippen LogP contribution in [0.2, 0.25) is 0 Å². The van der Waals surface area contributed by atoms with E-state index in [9.17, 15) is 4.79 Å². The van der Waals surface area contributed by atoms with Gasteiger partial charge in [-0.3, -0.25) is 4.79 Å². The van der Waals surface area contributed by atoms with Gasteiger partial charge in [-0.1, -0.05) is 6.07 Å². The first-order valence-electron chi connectivity index (χ1n) is 8.27. The summed E-state index contributed by atoms with van der Waals surface area (Å²) in [4.78, 5) is 16.4. The molecule has 0 unspecified atom stereocenters. The van der Waals surface area contributed by atoms with Crippen LogP contribution < -0.4 is 24.7 Å². The molecule has 1 amide bonds. The van der Waals surface area contributed by atoms with Crippen LogP contribution in [0.15, 0.2) is 35.7 Å². The van der Waals surface area contributed by atoms with Crippen molar-refractivity contribution in [2.45, 2.75) is 0 Å². The van der Waals surface area contributed by atoms with E-state index in [2.05, 4.69) is 0 Å². The van der Waals surface area contributed by atoms with Crippen molar-refractivity contribution in [3.05, 3.63) is 41.3 Å². The normalized spacial score (nSPS) is 10.4. The van der Waals surface area contributed by atoms with Crippen LogP contribution >= 0.6 is 11.3 Å². The van der Waals surface area contributed by atoms with Gasteiger partial charge in [-0.05, 0) is 24.3 Å². The van der Waals surface area contributed by atoms with E-state index in [-0.39, 0.29) is 0 Å². The van der Waals surface area contributed by atoms with Gasteiger partial charge in [0.05, 0.1) is 45.3 Å². The van der Waals surface area contributed by atoms with E-state index in [0.717, 1.165) is 11.3 Å². The molecule has 0 fully saturated rings. The molecule has 0 saturated heterocycles. The van der Waals surface area contributed by atoms with Gasteiger partial charge in [0.2, 0.25) is 5.75 Å². The summed E-state index contributed by atoms with van der Waals surface area (Å²) in [5, 5.41) is 2.61. The van der Waals surface area contributed by atoms with Crippen LogP contribution in [0.3, 0.4) is 0 Å². The highest BCUT2D eigenvalue weighted by Crippen LogP contribution is 2.42. The maximum atomic E-state index is 11.7. The molecule has 28 heavy (non-hydrogen) atoms. The molecule has 0 atom stereocenters. The third kappa shape index (κ3) is 3.46. The van der Waals surface area contributed by atoms with E-state index >= 15 is 0 Å². The highest BCUT2D eigenvalue weighted by Gasteiger charge is 2.19. The van der Waals surface area contributed by atoms with Crippen LogP contribution in [0.25, 0.3) is 21.8 Å². The number of aromatic nitrogens is 1. The quantitative estimate of drug-likeness (QED) is 0.651. The molecule has 0 aliphatic carbocycles. The average molecular weight is 400 g/mol. The zero-order valence-corrected chi connectivity index (χ0v) is 16.8. The Hall–Kier alpha value is -3.26. The van der Waals surface area contributed by atoms with E-state index in [1.54, 1.807) is 33.5 Å². The molecule has 8 heteroatoms. The van der Waals surface area contributed by atoms with E-state index in [0.29, 0.717) is 39.1 Å². The van der Waals surface area contributed by atoms with Crippen molar-refractivity contribution in [2.24, 2.45) is 5.73 Å². The van der Waals surface area contributed by atoms with Gasteiger partial charge < -0.3 is 24.7 Å². The largest absolute Gasteiger partial charge is 0.495 e. The van der Waals surface area contributed by atoms with Gasteiger partial charge in [0.25, 0.3) is 5.91 Å². The summed E-state index contributed by atoms with van der Waals surface area (Å²) in [6.45, 7) is 0. The van der Waals surface area contributed by atoms with Gasteiger partial charge in [-0.25, -0.2) is 4.98 Å². The van der Waals surface area contributed by atoms with Gasteiger partial charge in [0.1, 0.15) is 10.8 Å². The van der Waals surface area contributed by atoms with Crippen molar-refractivity contribution in [2.75, 3.05) is 28.4 Å². The molecule has 0 radical (unpaired) electrons. The first kappa shape index (κ1) is 19.5. The molecular weight excluding hydrogens is 380 g/mol. The third-order valence-electron chi connectivity index (χ3n) is 4.18. The second-order valence-corrected chi connectivity index (χ2v) is 6.56. The van der Waals surface area contributed by atoms with Gasteiger partial charge in [-0.15, -0.1) is 11.3 Å². The second kappa shape index (κ2) is 8.18. The standard InChI is InChI=1S/C20H20N2O5S/c1-24-15-8-11(9-16(25-2)18(15)27-4)14-10-28-20(22-14)13-7-5-6-12(19(21)23)17(13)26-3/h5-10H,1-4H3,(H2,21,23). The summed E-state index contributed by atoms with van der Waals surface area (Å²) >= 11 is 1.43. The Balaban J connectivity index is 2.09. The number of ether oxygens (including phenoxy) is 4. The van der Waals surface area contributed by atoms with Crippen LogP contribution in [0, 0.1) is 0 Å². The molecule has 0 bridgehead atoms. The van der Waals surface area contributed by atoms with E-state index in [1.807, 2.05) is 23.6 Å². The highest BCUT2D eigenvalue weighted by molar-refractivity contribution is 7.13. The Morgan fingerprint density at radius 3 is 2.14 bits per heavy atom. The summed E-state index contributed by atoms with van der Waals surface area (Å²) in [6.07, 6.45) is 0. The summed E-state index contributed by atoms with van der Waals surface area (Å²) < 4.78 is 21.6. The monoisotopic (exact) mass is 400 g/mol. The number of amides is 1. The average Bonchev–Trinajstić information content (AvgIpc) is 3.21. The summed E-state index contributed by atoms with van der Waals surface area (Å²) in [6, 6.07) is 8.87. The predicted molar refractivity (Wildman–Crippen MR) is 108 cm³/mol. The number of hydrogen-bond acceptors (Lipinski definition) is 7. The van der Waals surface area contributed by atoms with E-state index in [1.165, 1.54) is 18.4 Å². The minimum absolute atomic E-state index is 0.310. The predicted octanol–water partition coefficient (Wildman–Crippen LogP) is 3.61. The smallest absolute Gasteiger partial charge is 0.252 e. The van der Waals surface area contributed by atoms with E-state index < -0.39 is 5.91 Å². The zero-order valence-electron chi connectivity index (χ0n) is 15.9. The lowest BCUT2D eigenvalue weighted by Crippen LogP contribution is -2.12. The molecule has 7 nitrogen and oxygen atoms in total. The number of carbonyl (C=O) groups is 1. The second-order valence-electron chi connectivity index (χ2n) is 5.70. The Morgan fingerprint density at radius 2 is 1.61 bits per heavy atom. The fourth-order valence-electron chi connectivity index (χ4n) is 2.88. The molecule has 0 spiro atoms. The first-order valence-corrected chi connectivity index (χ1v) is 9.15. The molecular formula is C20H20N2O5S. The van der Waals surface area contributed by atoms with Crippen LogP contribution in [-0.2, 0) is 0 Å². The fourth-order valence-corrected chi connectivity index (χ4v) is 3.73.